The van der Waals surface area contributed by atoms with Gasteiger partial charge in [0.05, 0.1) is 6.10 Å². The van der Waals surface area contributed by atoms with E-state index in [0.29, 0.717) is 6.54 Å². The quantitative estimate of drug-likeness (QED) is 0.580. The Morgan fingerprint density at radius 1 is 1.09 bits per heavy atom. The molecule has 0 heterocycles. The molecule has 4 heteroatoms. The van der Waals surface area contributed by atoms with E-state index in [1.807, 2.05) is 26.1 Å². The number of carbonyl (C=O) groups is 1. The monoisotopic (exact) mass is 320 g/mol. The lowest BCUT2D eigenvalue weighted by Gasteiger charge is -2.13. The minimum absolute atomic E-state index is 0.0512. The fraction of sp³-hybridized carbons (Fsp3) is 0.632. The Kier molecular flexibility index (Phi) is 10.3. The van der Waals surface area contributed by atoms with Crippen molar-refractivity contribution in [3.8, 4) is 0 Å². The van der Waals surface area contributed by atoms with Crippen molar-refractivity contribution in [1.29, 1.82) is 0 Å². The van der Waals surface area contributed by atoms with Crippen molar-refractivity contribution in [2.75, 3.05) is 13.7 Å². The highest BCUT2D eigenvalue weighted by molar-refractivity contribution is 5.77. The molecular formula is C19H32N2O2. The molecule has 1 aromatic rings. The minimum Gasteiger partial charge on any atom is -0.369 e. The number of hydrogen-bond acceptors (Lipinski definition) is 3. The maximum absolute atomic E-state index is 11.8. The number of carbonyl (C=O) groups excluding carboxylic acids is 1. The highest BCUT2D eigenvalue weighted by atomic mass is 16.5. The second-order valence-electron chi connectivity index (χ2n) is 6.09. The van der Waals surface area contributed by atoms with Crippen molar-refractivity contribution in [3.63, 3.8) is 0 Å². The summed E-state index contributed by atoms with van der Waals surface area (Å²) in [5.74, 6) is -0.0512. The maximum atomic E-state index is 11.8. The van der Waals surface area contributed by atoms with Gasteiger partial charge in [-0.3, -0.25) is 4.79 Å². The first kappa shape index (κ1) is 19.7. The summed E-state index contributed by atoms with van der Waals surface area (Å²) in [7, 11) is 1.93. The molecule has 130 valence electrons. The van der Waals surface area contributed by atoms with E-state index in [1.54, 1.807) is 0 Å². The molecule has 0 aliphatic carbocycles. The molecule has 4 nitrogen and oxygen atoms in total. The molecular weight excluding hydrogens is 288 g/mol. The summed E-state index contributed by atoms with van der Waals surface area (Å²) >= 11 is 0. The van der Waals surface area contributed by atoms with Gasteiger partial charge in [-0.1, -0.05) is 56.9 Å². The molecule has 0 spiro atoms. The first-order valence-corrected chi connectivity index (χ1v) is 8.76. The third kappa shape index (κ3) is 9.36. The third-order valence-corrected chi connectivity index (χ3v) is 3.86. The van der Waals surface area contributed by atoms with Crippen molar-refractivity contribution >= 4 is 5.91 Å². The van der Waals surface area contributed by atoms with Crippen LogP contribution in [0.25, 0.3) is 0 Å². The van der Waals surface area contributed by atoms with E-state index in [1.165, 1.54) is 31.2 Å². The lowest BCUT2D eigenvalue weighted by Crippen LogP contribution is -2.28. The summed E-state index contributed by atoms with van der Waals surface area (Å²) in [4.78, 5) is 11.8. The molecule has 0 aliphatic heterocycles. The van der Waals surface area contributed by atoms with Crippen LogP contribution in [-0.4, -0.2) is 25.7 Å². The molecule has 1 rings (SSSR count). The van der Waals surface area contributed by atoms with Crippen LogP contribution in [0.3, 0.4) is 0 Å². The summed E-state index contributed by atoms with van der Waals surface area (Å²) in [6.45, 7) is 5.80. The number of benzene rings is 1. The first-order valence-electron chi connectivity index (χ1n) is 8.76. The number of amides is 1. The van der Waals surface area contributed by atoms with E-state index in [2.05, 4.69) is 29.7 Å². The minimum atomic E-state index is -0.0512. The lowest BCUT2D eigenvalue weighted by molar-refractivity contribution is -0.127. The number of unbranched alkanes of at least 4 members (excludes halogenated alkanes) is 3. The van der Waals surface area contributed by atoms with Gasteiger partial charge >= 0.3 is 0 Å². The topological polar surface area (TPSA) is 50.4 Å². The normalized spacial score (nSPS) is 12.1. The Morgan fingerprint density at radius 3 is 2.35 bits per heavy atom. The SMILES string of the molecule is CCCCCCC(C)OCC(=O)NCc1ccc(CNC)cc1. The smallest absolute Gasteiger partial charge is 0.246 e. The largest absolute Gasteiger partial charge is 0.369 e. The standard InChI is InChI=1S/C19H32N2O2/c1-4-5-6-7-8-16(2)23-15-19(22)21-14-18-11-9-17(10-12-18)13-20-3/h9-12,16,20H,4-8,13-15H2,1-3H3,(H,21,22). The number of ether oxygens (including phenoxy) is 1. The van der Waals surface area contributed by atoms with E-state index in [9.17, 15) is 4.79 Å². The predicted molar refractivity (Wildman–Crippen MR) is 95.2 cm³/mol. The fourth-order valence-corrected chi connectivity index (χ4v) is 2.39. The zero-order valence-corrected chi connectivity index (χ0v) is 14.9. The van der Waals surface area contributed by atoms with Gasteiger partial charge in [0.15, 0.2) is 0 Å². The van der Waals surface area contributed by atoms with Crippen molar-refractivity contribution in [2.24, 2.45) is 0 Å². The molecule has 0 aromatic heterocycles. The van der Waals surface area contributed by atoms with Gasteiger partial charge in [-0.05, 0) is 31.5 Å². The molecule has 0 saturated carbocycles. The Labute approximate surface area is 141 Å². The van der Waals surface area contributed by atoms with Crippen molar-refractivity contribution < 1.29 is 9.53 Å². The zero-order chi connectivity index (χ0) is 16.9. The third-order valence-electron chi connectivity index (χ3n) is 3.86. The summed E-state index contributed by atoms with van der Waals surface area (Å²) in [5.41, 5.74) is 2.34. The Balaban J connectivity index is 2.16. The van der Waals surface area contributed by atoms with Crippen molar-refractivity contribution in [2.45, 2.75) is 65.1 Å². The molecule has 0 aliphatic rings. The van der Waals surface area contributed by atoms with Crippen LogP contribution in [0.2, 0.25) is 0 Å². The molecule has 0 bridgehead atoms. The maximum Gasteiger partial charge on any atom is 0.246 e. The van der Waals surface area contributed by atoms with Crippen LogP contribution < -0.4 is 10.6 Å². The van der Waals surface area contributed by atoms with Gasteiger partial charge < -0.3 is 15.4 Å². The van der Waals surface area contributed by atoms with Crippen LogP contribution in [0.5, 0.6) is 0 Å². The van der Waals surface area contributed by atoms with E-state index in [0.717, 1.165) is 18.5 Å². The second-order valence-corrected chi connectivity index (χ2v) is 6.09. The van der Waals surface area contributed by atoms with Gasteiger partial charge in [0.2, 0.25) is 5.91 Å². The van der Waals surface area contributed by atoms with Gasteiger partial charge in [0.1, 0.15) is 6.61 Å². The second kappa shape index (κ2) is 12.1. The van der Waals surface area contributed by atoms with Crippen molar-refractivity contribution in [3.05, 3.63) is 35.4 Å². The summed E-state index contributed by atoms with van der Waals surface area (Å²) < 4.78 is 5.60. The average Bonchev–Trinajstić information content (AvgIpc) is 2.56. The van der Waals surface area contributed by atoms with Gasteiger partial charge in [-0.15, -0.1) is 0 Å². The van der Waals surface area contributed by atoms with E-state index < -0.39 is 0 Å². The van der Waals surface area contributed by atoms with E-state index in [4.69, 9.17) is 4.74 Å². The van der Waals surface area contributed by atoms with Gasteiger partial charge in [0, 0.05) is 13.1 Å². The molecule has 0 radical (unpaired) electrons. The molecule has 1 atom stereocenters. The Morgan fingerprint density at radius 2 is 1.74 bits per heavy atom. The van der Waals surface area contributed by atoms with Crippen LogP contribution in [0.4, 0.5) is 0 Å². The summed E-state index contributed by atoms with van der Waals surface area (Å²) in [6, 6.07) is 8.24. The molecule has 23 heavy (non-hydrogen) atoms. The summed E-state index contributed by atoms with van der Waals surface area (Å²) in [6.07, 6.45) is 6.13. The van der Waals surface area contributed by atoms with Crippen LogP contribution in [-0.2, 0) is 22.6 Å². The van der Waals surface area contributed by atoms with E-state index in [-0.39, 0.29) is 18.6 Å². The van der Waals surface area contributed by atoms with Crippen LogP contribution >= 0.6 is 0 Å². The number of hydrogen-bond donors (Lipinski definition) is 2. The van der Waals surface area contributed by atoms with Crippen molar-refractivity contribution in [1.82, 2.24) is 10.6 Å². The van der Waals surface area contributed by atoms with Gasteiger partial charge in [-0.25, -0.2) is 0 Å². The molecule has 1 aromatic carbocycles. The molecule has 0 saturated heterocycles. The zero-order valence-electron chi connectivity index (χ0n) is 14.9. The fourth-order valence-electron chi connectivity index (χ4n) is 2.39. The molecule has 1 unspecified atom stereocenters. The highest BCUT2D eigenvalue weighted by Gasteiger charge is 2.06. The van der Waals surface area contributed by atoms with E-state index >= 15 is 0 Å². The Bertz CT molecular complexity index is 432. The number of rotatable bonds is 12. The lowest BCUT2D eigenvalue weighted by atomic mass is 10.1. The van der Waals surface area contributed by atoms with Gasteiger partial charge in [0.25, 0.3) is 0 Å². The molecule has 2 N–H and O–H groups in total. The highest BCUT2D eigenvalue weighted by Crippen LogP contribution is 2.08. The van der Waals surface area contributed by atoms with Gasteiger partial charge in [-0.2, -0.15) is 0 Å². The molecule has 1 amide bonds. The Hall–Kier alpha value is -1.39. The van der Waals surface area contributed by atoms with Crippen LogP contribution in [0.15, 0.2) is 24.3 Å². The molecule has 0 fully saturated rings. The van der Waals surface area contributed by atoms with Crippen LogP contribution in [0.1, 0.15) is 57.1 Å². The number of nitrogens with one attached hydrogen (secondary N) is 2. The summed E-state index contributed by atoms with van der Waals surface area (Å²) in [5, 5.41) is 6.02. The predicted octanol–water partition coefficient (Wildman–Crippen LogP) is 3.40. The average molecular weight is 320 g/mol. The first-order chi connectivity index (χ1) is 11.2. The van der Waals surface area contributed by atoms with Crippen LogP contribution in [0, 0.1) is 0 Å².